The Labute approximate surface area is 175 Å². The zero-order chi connectivity index (χ0) is 20.1. The lowest BCUT2D eigenvalue weighted by Crippen LogP contribution is -2.33. The largest absolute Gasteiger partial charge is 0.497 e. The zero-order valence-corrected chi connectivity index (χ0v) is 17.1. The van der Waals surface area contributed by atoms with E-state index in [2.05, 4.69) is 33.0 Å². The van der Waals surface area contributed by atoms with Crippen LogP contribution < -0.4 is 20.8 Å². The number of nitrogens with zero attached hydrogens (tertiary/aromatic N) is 2. The fourth-order valence-electron chi connectivity index (χ4n) is 3.89. The first-order chi connectivity index (χ1) is 14.1. The Bertz CT molecular complexity index is 1320. The average Bonchev–Trinajstić information content (AvgIpc) is 2.75. The van der Waals surface area contributed by atoms with E-state index in [-0.39, 0.29) is 11.4 Å². The Kier molecular flexibility index (Phi) is 4.06. The monoisotopic (exact) mass is 448 g/mol. The molecule has 0 saturated carbocycles. The molecule has 6 nitrogen and oxygen atoms in total. The molecule has 1 atom stereocenters. The average molecular weight is 449 g/mol. The van der Waals surface area contributed by atoms with E-state index >= 15 is 0 Å². The molecular formula is C22H17BrN4O2. The second-order valence-corrected chi connectivity index (χ2v) is 7.79. The molecule has 4 aromatic rings. The Morgan fingerprint density at radius 1 is 1.10 bits per heavy atom. The quantitative estimate of drug-likeness (QED) is 0.394. The van der Waals surface area contributed by atoms with Crippen LogP contribution in [0, 0.1) is 5.41 Å². The number of nitrogens with one attached hydrogen (secondary N) is 1. The molecule has 0 amide bonds. The normalized spacial score (nSPS) is 14.8. The Hall–Kier alpha value is -3.32. The molecule has 1 aromatic heterocycles. The molecule has 5 rings (SSSR count). The van der Waals surface area contributed by atoms with Gasteiger partial charge in [0.05, 0.1) is 12.7 Å². The van der Waals surface area contributed by atoms with E-state index in [4.69, 9.17) is 20.7 Å². The van der Waals surface area contributed by atoms with Crippen LogP contribution in [0.1, 0.15) is 22.6 Å². The van der Waals surface area contributed by atoms with E-state index in [1.807, 2.05) is 42.5 Å². The summed E-state index contributed by atoms with van der Waals surface area (Å²) in [6.45, 7) is 0. The van der Waals surface area contributed by atoms with Gasteiger partial charge in [0.25, 0.3) is 0 Å². The third-order valence-corrected chi connectivity index (χ3v) is 5.75. The summed E-state index contributed by atoms with van der Waals surface area (Å²) < 4.78 is 13.6. The summed E-state index contributed by atoms with van der Waals surface area (Å²) in [7, 11) is 1.64. The zero-order valence-electron chi connectivity index (χ0n) is 15.5. The first-order valence-electron chi connectivity index (χ1n) is 9.02. The van der Waals surface area contributed by atoms with Crippen molar-refractivity contribution in [2.24, 2.45) is 0 Å². The van der Waals surface area contributed by atoms with E-state index in [0.29, 0.717) is 11.4 Å². The number of hydrogen-bond acceptors (Lipinski definition) is 5. The highest BCUT2D eigenvalue weighted by atomic mass is 79.9. The molecule has 2 heterocycles. The van der Waals surface area contributed by atoms with Gasteiger partial charge in [-0.25, -0.2) is 9.66 Å². The molecule has 1 unspecified atom stereocenters. The molecule has 0 aliphatic carbocycles. The lowest BCUT2D eigenvalue weighted by atomic mass is 9.81. The lowest BCUT2D eigenvalue weighted by Gasteiger charge is -2.29. The van der Waals surface area contributed by atoms with Gasteiger partial charge >= 0.3 is 0 Å². The SMILES string of the molecule is COc1ccc(C2c3c(ncn(N)c3=N)Oc3ccc4cc(Br)ccc4c32)cc1. The van der Waals surface area contributed by atoms with Gasteiger partial charge in [-0.05, 0) is 46.7 Å². The molecule has 7 heteroatoms. The molecule has 0 saturated heterocycles. The summed E-state index contributed by atoms with van der Waals surface area (Å²) in [5, 5.41) is 10.7. The third kappa shape index (κ3) is 2.77. The van der Waals surface area contributed by atoms with E-state index in [9.17, 15) is 0 Å². The molecular weight excluding hydrogens is 432 g/mol. The second kappa shape index (κ2) is 6.63. The molecule has 0 radical (unpaired) electrons. The molecule has 3 N–H and O–H groups in total. The van der Waals surface area contributed by atoms with Crippen molar-refractivity contribution in [1.29, 1.82) is 5.41 Å². The van der Waals surface area contributed by atoms with Crippen LogP contribution in [0.25, 0.3) is 10.8 Å². The molecule has 0 fully saturated rings. The summed E-state index contributed by atoms with van der Waals surface area (Å²) in [6, 6.07) is 18.0. The molecule has 0 bridgehead atoms. The maximum Gasteiger partial charge on any atom is 0.228 e. The van der Waals surface area contributed by atoms with Crippen molar-refractivity contribution >= 4 is 26.7 Å². The Morgan fingerprint density at radius 3 is 2.66 bits per heavy atom. The summed E-state index contributed by atoms with van der Waals surface area (Å²) >= 11 is 3.55. The molecule has 29 heavy (non-hydrogen) atoms. The maximum absolute atomic E-state index is 8.60. The number of methoxy groups -OCH3 is 1. The molecule has 3 aromatic carbocycles. The predicted octanol–water partition coefficient (Wildman–Crippen LogP) is 4.29. The van der Waals surface area contributed by atoms with Crippen molar-refractivity contribution in [1.82, 2.24) is 9.66 Å². The van der Waals surface area contributed by atoms with Gasteiger partial charge in [-0.1, -0.05) is 40.2 Å². The van der Waals surface area contributed by atoms with Crippen LogP contribution in [0.15, 0.2) is 65.4 Å². The summed E-state index contributed by atoms with van der Waals surface area (Å²) in [5.41, 5.74) is 2.81. The predicted molar refractivity (Wildman–Crippen MR) is 114 cm³/mol. The first-order valence-corrected chi connectivity index (χ1v) is 9.81. The number of hydrogen-bond donors (Lipinski definition) is 2. The topological polar surface area (TPSA) is 86.2 Å². The summed E-state index contributed by atoms with van der Waals surface area (Å²) in [4.78, 5) is 4.35. The van der Waals surface area contributed by atoms with Crippen molar-refractivity contribution in [3.8, 4) is 17.4 Å². The minimum atomic E-state index is -0.250. The van der Waals surface area contributed by atoms with Crippen LogP contribution in [0.4, 0.5) is 0 Å². The standard InChI is InChI=1S/C22H17BrN4O2/c1-28-15-6-2-12(3-7-15)18-19-16-8-5-14(23)10-13(16)4-9-17(19)29-22-20(18)21(24)27(25)11-26-22/h2-11,18,24H,25H2,1H3. The van der Waals surface area contributed by atoms with Gasteiger partial charge in [-0.15, -0.1) is 0 Å². The summed E-state index contributed by atoms with van der Waals surface area (Å²) in [5.74, 6) is 7.63. The highest BCUT2D eigenvalue weighted by Gasteiger charge is 2.33. The number of benzene rings is 3. The number of halogens is 1. The van der Waals surface area contributed by atoms with E-state index in [1.54, 1.807) is 7.11 Å². The number of fused-ring (bicyclic) bond motifs is 4. The fourth-order valence-corrected chi connectivity index (χ4v) is 4.27. The van der Waals surface area contributed by atoms with Gasteiger partial charge in [0.1, 0.15) is 17.8 Å². The van der Waals surface area contributed by atoms with Crippen molar-refractivity contribution < 1.29 is 9.47 Å². The second-order valence-electron chi connectivity index (χ2n) is 6.87. The number of nitrogen functional groups attached to an aromatic ring is 1. The van der Waals surface area contributed by atoms with Gasteiger partial charge < -0.3 is 15.3 Å². The van der Waals surface area contributed by atoms with E-state index in [1.165, 1.54) is 11.0 Å². The fraction of sp³-hybridized carbons (Fsp3) is 0.0909. The van der Waals surface area contributed by atoms with Gasteiger partial charge in [-0.2, -0.15) is 0 Å². The number of rotatable bonds is 2. The van der Waals surface area contributed by atoms with Crippen LogP contribution in [0.3, 0.4) is 0 Å². The highest BCUT2D eigenvalue weighted by molar-refractivity contribution is 9.10. The van der Waals surface area contributed by atoms with Crippen molar-refractivity contribution in [2.75, 3.05) is 13.0 Å². The van der Waals surface area contributed by atoms with Crippen molar-refractivity contribution in [3.63, 3.8) is 0 Å². The first kappa shape index (κ1) is 17.8. The van der Waals surface area contributed by atoms with Crippen LogP contribution >= 0.6 is 15.9 Å². The van der Waals surface area contributed by atoms with Crippen molar-refractivity contribution in [2.45, 2.75) is 5.92 Å². The number of ether oxygens (including phenoxy) is 2. The molecule has 144 valence electrons. The van der Waals surface area contributed by atoms with Crippen molar-refractivity contribution in [3.05, 3.63) is 87.6 Å². The van der Waals surface area contributed by atoms with Crippen LogP contribution in [0.2, 0.25) is 0 Å². The van der Waals surface area contributed by atoms with Crippen LogP contribution in [-0.2, 0) is 0 Å². The summed E-state index contributed by atoms with van der Waals surface area (Å²) in [6.07, 6.45) is 1.40. The van der Waals surface area contributed by atoms with Gasteiger partial charge in [0.2, 0.25) is 5.88 Å². The van der Waals surface area contributed by atoms with Crippen LogP contribution in [-0.4, -0.2) is 16.8 Å². The maximum atomic E-state index is 8.60. The third-order valence-electron chi connectivity index (χ3n) is 5.26. The minimum absolute atomic E-state index is 0.163. The number of nitrogens with two attached hydrogens (primary N) is 1. The number of aromatic nitrogens is 2. The molecule has 1 aliphatic heterocycles. The van der Waals surface area contributed by atoms with E-state index in [0.717, 1.165) is 37.9 Å². The highest BCUT2D eigenvalue weighted by Crippen LogP contribution is 2.48. The Morgan fingerprint density at radius 2 is 1.90 bits per heavy atom. The lowest BCUT2D eigenvalue weighted by molar-refractivity contribution is 0.414. The molecule has 1 aliphatic rings. The Balaban J connectivity index is 1.86. The molecule has 0 spiro atoms. The smallest absolute Gasteiger partial charge is 0.228 e. The van der Waals surface area contributed by atoms with Gasteiger partial charge in [-0.3, -0.25) is 5.41 Å². The minimum Gasteiger partial charge on any atom is -0.497 e. The van der Waals surface area contributed by atoms with Crippen LogP contribution in [0.5, 0.6) is 17.4 Å². The van der Waals surface area contributed by atoms with Gasteiger partial charge in [0.15, 0.2) is 5.49 Å². The van der Waals surface area contributed by atoms with Gasteiger partial charge in [0, 0.05) is 16.0 Å². The van der Waals surface area contributed by atoms with E-state index < -0.39 is 0 Å².